The number of rotatable bonds is 5. The van der Waals surface area contributed by atoms with Crippen molar-refractivity contribution in [3.05, 3.63) is 11.9 Å². The van der Waals surface area contributed by atoms with Crippen LogP contribution in [0.3, 0.4) is 0 Å². The van der Waals surface area contributed by atoms with E-state index in [0.717, 1.165) is 17.9 Å². The van der Waals surface area contributed by atoms with Crippen LogP contribution in [-0.4, -0.2) is 27.4 Å². The lowest BCUT2D eigenvalue weighted by molar-refractivity contribution is 0.350. The van der Waals surface area contributed by atoms with Crippen LogP contribution < -0.4 is 16.0 Å². The molecule has 19 heavy (non-hydrogen) atoms. The third-order valence-electron chi connectivity index (χ3n) is 3.81. The van der Waals surface area contributed by atoms with Gasteiger partial charge in [0.2, 0.25) is 0 Å². The summed E-state index contributed by atoms with van der Waals surface area (Å²) in [6.45, 7) is 6.51. The molecule has 0 amide bonds. The number of ether oxygens (including phenoxy) is 1. The molecule has 0 aromatic carbocycles. The Labute approximate surface area is 119 Å². The first-order valence-electron chi connectivity index (χ1n) is 6.75. The highest BCUT2D eigenvalue weighted by Gasteiger charge is 2.41. The number of aromatic nitrogens is 2. The van der Waals surface area contributed by atoms with Crippen molar-refractivity contribution >= 4 is 11.8 Å². The van der Waals surface area contributed by atoms with Gasteiger partial charge in [-0.2, -0.15) is 16.9 Å². The SMILES string of the molecule is COc1cnn(C(C)C)c1C(NN)C1(C)CCCS1. The Hall–Kier alpha value is -0.720. The zero-order valence-corrected chi connectivity index (χ0v) is 13.0. The van der Waals surface area contributed by atoms with Gasteiger partial charge in [-0.25, -0.2) is 5.43 Å². The number of hydrazine groups is 1. The molecular formula is C13H24N4OS. The van der Waals surface area contributed by atoms with E-state index in [1.54, 1.807) is 13.3 Å². The van der Waals surface area contributed by atoms with E-state index in [0.29, 0.717) is 0 Å². The van der Waals surface area contributed by atoms with Gasteiger partial charge in [-0.15, -0.1) is 0 Å². The lowest BCUT2D eigenvalue weighted by Gasteiger charge is -2.34. The number of hydrogen-bond acceptors (Lipinski definition) is 5. The van der Waals surface area contributed by atoms with Crippen molar-refractivity contribution in [2.75, 3.05) is 12.9 Å². The van der Waals surface area contributed by atoms with Gasteiger partial charge in [0.15, 0.2) is 5.75 Å². The summed E-state index contributed by atoms with van der Waals surface area (Å²) >= 11 is 1.98. The summed E-state index contributed by atoms with van der Waals surface area (Å²) in [5.41, 5.74) is 4.05. The van der Waals surface area contributed by atoms with Crippen molar-refractivity contribution in [1.29, 1.82) is 0 Å². The molecule has 5 nitrogen and oxygen atoms in total. The highest BCUT2D eigenvalue weighted by Crippen LogP contribution is 2.48. The van der Waals surface area contributed by atoms with Gasteiger partial charge >= 0.3 is 0 Å². The van der Waals surface area contributed by atoms with E-state index in [-0.39, 0.29) is 16.8 Å². The summed E-state index contributed by atoms with van der Waals surface area (Å²) in [5.74, 6) is 7.86. The third-order valence-corrected chi connectivity index (χ3v) is 5.40. The summed E-state index contributed by atoms with van der Waals surface area (Å²) in [6.07, 6.45) is 4.17. The van der Waals surface area contributed by atoms with Crippen molar-refractivity contribution in [1.82, 2.24) is 15.2 Å². The lowest BCUT2D eigenvalue weighted by Crippen LogP contribution is -2.42. The van der Waals surface area contributed by atoms with E-state index in [9.17, 15) is 0 Å². The van der Waals surface area contributed by atoms with E-state index in [1.165, 1.54) is 12.2 Å². The van der Waals surface area contributed by atoms with Crippen LogP contribution in [0.25, 0.3) is 0 Å². The molecule has 0 radical (unpaired) electrons. The molecule has 2 rings (SSSR count). The van der Waals surface area contributed by atoms with Gasteiger partial charge in [0.25, 0.3) is 0 Å². The smallest absolute Gasteiger partial charge is 0.161 e. The van der Waals surface area contributed by atoms with Crippen LogP contribution in [0.15, 0.2) is 6.20 Å². The van der Waals surface area contributed by atoms with Gasteiger partial charge < -0.3 is 4.74 Å². The van der Waals surface area contributed by atoms with E-state index < -0.39 is 0 Å². The predicted octanol–water partition coefficient (Wildman–Crippen LogP) is 2.26. The second-order valence-electron chi connectivity index (χ2n) is 5.50. The Morgan fingerprint density at radius 2 is 2.32 bits per heavy atom. The zero-order chi connectivity index (χ0) is 14.0. The number of nitrogens with zero attached hydrogens (tertiary/aromatic N) is 2. The monoisotopic (exact) mass is 284 g/mol. The highest BCUT2D eigenvalue weighted by molar-refractivity contribution is 8.00. The number of thioether (sulfide) groups is 1. The van der Waals surface area contributed by atoms with Gasteiger partial charge in [-0.3, -0.25) is 10.5 Å². The van der Waals surface area contributed by atoms with Crippen LogP contribution in [0.4, 0.5) is 0 Å². The fourth-order valence-electron chi connectivity index (χ4n) is 2.77. The largest absolute Gasteiger partial charge is 0.493 e. The summed E-state index contributed by atoms with van der Waals surface area (Å²) < 4.78 is 7.57. The Morgan fingerprint density at radius 3 is 2.79 bits per heavy atom. The number of hydrogen-bond donors (Lipinski definition) is 2. The summed E-state index contributed by atoms with van der Waals surface area (Å²) in [5, 5.41) is 4.44. The molecule has 108 valence electrons. The van der Waals surface area contributed by atoms with Crippen LogP contribution in [0.1, 0.15) is 51.4 Å². The van der Waals surface area contributed by atoms with Crippen molar-refractivity contribution < 1.29 is 4.74 Å². The van der Waals surface area contributed by atoms with Crippen LogP contribution in [0.5, 0.6) is 5.75 Å². The van der Waals surface area contributed by atoms with Gasteiger partial charge in [-0.1, -0.05) is 0 Å². The van der Waals surface area contributed by atoms with Crippen LogP contribution >= 0.6 is 11.8 Å². The van der Waals surface area contributed by atoms with Crippen molar-refractivity contribution in [3.63, 3.8) is 0 Å². The maximum Gasteiger partial charge on any atom is 0.161 e. The number of nitrogens with one attached hydrogen (secondary N) is 1. The highest BCUT2D eigenvalue weighted by atomic mass is 32.2. The van der Waals surface area contributed by atoms with E-state index in [2.05, 4.69) is 31.3 Å². The summed E-state index contributed by atoms with van der Waals surface area (Å²) in [6, 6.07) is 0.324. The Bertz CT molecular complexity index is 426. The molecule has 1 aliphatic heterocycles. The van der Waals surface area contributed by atoms with Crippen molar-refractivity contribution in [2.24, 2.45) is 5.84 Å². The molecule has 0 bridgehead atoms. The average Bonchev–Trinajstić information content (AvgIpc) is 2.97. The molecule has 2 heterocycles. The Morgan fingerprint density at radius 1 is 1.58 bits per heavy atom. The first-order valence-corrected chi connectivity index (χ1v) is 7.73. The van der Waals surface area contributed by atoms with Crippen LogP contribution in [-0.2, 0) is 0 Å². The number of methoxy groups -OCH3 is 1. The van der Waals surface area contributed by atoms with Crippen LogP contribution in [0.2, 0.25) is 0 Å². The third kappa shape index (κ3) is 2.61. The van der Waals surface area contributed by atoms with E-state index >= 15 is 0 Å². The summed E-state index contributed by atoms with van der Waals surface area (Å²) in [4.78, 5) is 0. The number of nitrogens with two attached hydrogens (primary N) is 1. The molecule has 1 aliphatic rings. The molecule has 0 aliphatic carbocycles. The molecular weight excluding hydrogens is 260 g/mol. The second-order valence-corrected chi connectivity index (χ2v) is 7.13. The molecule has 0 spiro atoms. The molecule has 2 atom stereocenters. The molecule has 1 fully saturated rings. The maximum atomic E-state index is 5.86. The van der Waals surface area contributed by atoms with Gasteiger partial charge in [0.1, 0.15) is 5.69 Å². The standard InChI is InChI=1S/C13H24N4OS/c1-9(2)17-11(10(18-4)8-15-17)12(16-14)13(3)6-5-7-19-13/h8-9,12,16H,5-7,14H2,1-4H3. The minimum atomic E-state index is 0.0415. The van der Waals surface area contributed by atoms with Crippen molar-refractivity contribution in [3.8, 4) is 5.75 Å². The van der Waals surface area contributed by atoms with Gasteiger partial charge in [0, 0.05) is 10.8 Å². The molecule has 1 aromatic rings. The maximum absolute atomic E-state index is 5.86. The first-order chi connectivity index (χ1) is 9.03. The second kappa shape index (κ2) is 5.73. The van der Waals surface area contributed by atoms with E-state index in [4.69, 9.17) is 10.6 Å². The fourth-order valence-corrected chi connectivity index (χ4v) is 4.16. The fraction of sp³-hybridized carbons (Fsp3) is 0.769. The Balaban J connectivity index is 2.44. The zero-order valence-electron chi connectivity index (χ0n) is 12.1. The summed E-state index contributed by atoms with van der Waals surface area (Å²) in [7, 11) is 1.68. The molecule has 0 saturated carbocycles. The Kier molecular flexibility index (Phi) is 4.43. The minimum absolute atomic E-state index is 0.0415. The van der Waals surface area contributed by atoms with E-state index in [1.807, 2.05) is 16.4 Å². The molecule has 1 aromatic heterocycles. The molecule has 3 N–H and O–H groups in total. The lowest BCUT2D eigenvalue weighted by atomic mass is 9.93. The van der Waals surface area contributed by atoms with Crippen LogP contribution in [0, 0.1) is 0 Å². The van der Waals surface area contributed by atoms with Gasteiger partial charge in [0.05, 0.1) is 19.3 Å². The first kappa shape index (κ1) is 14.7. The predicted molar refractivity (Wildman–Crippen MR) is 79.3 cm³/mol. The molecule has 1 saturated heterocycles. The molecule has 2 unspecified atom stereocenters. The topological polar surface area (TPSA) is 65.1 Å². The average molecular weight is 284 g/mol. The van der Waals surface area contributed by atoms with Gasteiger partial charge in [-0.05, 0) is 39.4 Å². The normalized spacial score (nSPS) is 24.9. The molecule has 6 heteroatoms. The van der Waals surface area contributed by atoms with Crippen molar-refractivity contribution in [2.45, 2.75) is 50.4 Å². The quantitative estimate of drug-likeness (QED) is 0.641. The minimum Gasteiger partial charge on any atom is -0.493 e.